The van der Waals surface area contributed by atoms with E-state index in [1.165, 1.54) is 36.0 Å². The maximum absolute atomic E-state index is 12.2. The zero-order valence-electron chi connectivity index (χ0n) is 13.2. The van der Waals surface area contributed by atoms with Crippen molar-refractivity contribution in [1.29, 1.82) is 0 Å². The molecule has 2 amide bonds. The number of nitro benzene ring substituents is 1. The molecule has 1 heterocycles. The number of halogens is 3. The van der Waals surface area contributed by atoms with E-state index in [4.69, 9.17) is 0 Å². The fraction of sp³-hybridized carbons (Fsp3) is 0.333. The number of hydrogen-bond acceptors (Lipinski definition) is 5. The maximum atomic E-state index is 12.2. The lowest BCUT2D eigenvalue weighted by molar-refractivity contribution is -0.384. The number of amides is 2. The average Bonchev–Trinajstić information content (AvgIpc) is 3.07. The van der Waals surface area contributed by atoms with Crippen LogP contribution in [0.25, 0.3) is 6.08 Å². The number of nitrogens with zero attached hydrogens (tertiary/aromatic N) is 2. The molecule has 26 heavy (non-hydrogen) atoms. The Morgan fingerprint density at radius 2 is 2.15 bits per heavy atom. The van der Waals surface area contributed by atoms with E-state index in [1.54, 1.807) is 11.4 Å². The number of nitro groups is 1. The highest BCUT2D eigenvalue weighted by atomic mass is 32.2. The van der Waals surface area contributed by atoms with E-state index < -0.39 is 35.5 Å². The molecule has 1 N–H and O–H groups in total. The van der Waals surface area contributed by atoms with Gasteiger partial charge in [0.15, 0.2) is 0 Å². The Kier molecular flexibility index (Phi) is 6.24. The molecule has 1 aromatic rings. The van der Waals surface area contributed by atoms with Crippen molar-refractivity contribution in [3.63, 3.8) is 0 Å². The molecule has 0 spiro atoms. The Morgan fingerprint density at radius 1 is 1.42 bits per heavy atom. The molecule has 11 heteroatoms. The fourth-order valence-electron chi connectivity index (χ4n) is 2.19. The zero-order valence-corrected chi connectivity index (χ0v) is 14.0. The average molecular weight is 389 g/mol. The van der Waals surface area contributed by atoms with E-state index in [2.05, 4.69) is 0 Å². The number of thioether (sulfide) groups is 1. The molecule has 0 aliphatic carbocycles. The van der Waals surface area contributed by atoms with Crippen molar-refractivity contribution in [2.45, 2.75) is 12.2 Å². The number of rotatable bonds is 5. The molecule has 0 radical (unpaired) electrons. The first kappa shape index (κ1) is 19.8. The number of nitrogens with one attached hydrogen (secondary N) is 1. The third-order valence-corrected chi connectivity index (χ3v) is 4.44. The quantitative estimate of drug-likeness (QED) is 0.473. The van der Waals surface area contributed by atoms with Crippen molar-refractivity contribution in [2.24, 2.45) is 0 Å². The number of carbonyl (C=O) groups is 2. The van der Waals surface area contributed by atoms with Crippen LogP contribution < -0.4 is 5.32 Å². The second-order valence-corrected chi connectivity index (χ2v) is 6.34. The van der Waals surface area contributed by atoms with E-state index in [0.717, 1.165) is 11.0 Å². The van der Waals surface area contributed by atoms with Gasteiger partial charge in [-0.25, -0.2) is 0 Å². The van der Waals surface area contributed by atoms with Gasteiger partial charge < -0.3 is 10.2 Å². The van der Waals surface area contributed by atoms with Crippen LogP contribution in [-0.2, 0) is 9.59 Å². The van der Waals surface area contributed by atoms with Crippen LogP contribution in [-0.4, -0.2) is 52.0 Å². The van der Waals surface area contributed by atoms with Crippen LogP contribution in [0.15, 0.2) is 30.3 Å². The standard InChI is InChI=1S/C15H14F3N3O4S/c16-15(17,18)8-19-14(23)12-7-26-9-20(12)13(22)5-4-10-2-1-3-11(6-10)21(24)25/h1-6,12H,7-9H2,(H,19,23). The van der Waals surface area contributed by atoms with E-state index in [9.17, 15) is 32.9 Å². The van der Waals surface area contributed by atoms with Crippen molar-refractivity contribution in [2.75, 3.05) is 18.2 Å². The third-order valence-electron chi connectivity index (χ3n) is 3.43. The fourth-order valence-corrected chi connectivity index (χ4v) is 3.35. The van der Waals surface area contributed by atoms with Crippen LogP contribution in [0.3, 0.4) is 0 Å². The van der Waals surface area contributed by atoms with Gasteiger partial charge in [0.2, 0.25) is 11.8 Å². The predicted molar refractivity (Wildman–Crippen MR) is 89.2 cm³/mol. The number of hydrogen-bond donors (Lipinski definition) is 1. The Balaban J connectivity index is 2.02. The van der Waals surface area contributed by atoms with Gasteiger partial charge in [-0.2, -0.15) is 13.2 Å². The van der Waals surface area contributed by atoms with Crippen LogP contribution in [0.5, 0.6) is 0 Å². The van der Waals surface area contributed by atoms with Crippen LogP contribution in [0.2, 0.25) is 0 Å². The molecular weight excluding hydrogens is 375 g/mol. The van der Waals surface area contributed by atoms with Crippen molar-refractivity contribution in [1.82, 2.24) is 10.2 Å². The molecule has 140 valence electrons. The molecule has 1 saturated heterocycles. The minimum absolute atomic E-state index is 0.138. The molecule has 2 rings (SSSR count). The summed E-state index contributed by atoms with van der Waals surface area (Å²) in [5, 5.41) is 12.5. The van der Waals surface area contributed by atoms with E-state index in [-0.39, 0.29) is 17.3 Å². The summed E-state index contributed by atoms with van der Waals surface area (Å²) >= 11 is 1.25. The summed E-state index contributed by atoms with van der Waals surface area (Å²) in [6.45, 7) is -1.46. The number of carbonyl (C=O) groups excluding carboxylic acids is 2. The molecule has 0 aromatic heterocycles. The van der Waals surface area contributed by atoms with Gasteiger partial charge >= 0.3 is 6.18 Å². The summed E-state index contributed by atoms with van der Waals surface area (Å²) in [6.07, 6.45) is -2.05. The number of alkyl halides is 3. The zero-order chi connectivity index (χ0) is 19.3. The van der Waals surface area contributed by atoms with Crippen molar-refractivity contribution >= 4 is 35.3 Å². The first-order valence-electron chi connectivity index (χ1n) is 7.33. The Morgan fingerprint density at radius 3 is 2.81 bits per heavy atom. The molecule has 1 atom stereocenters. The van der Waals surface area contributed by atoms with Crippen molar-refractivity contribution in [3.05, 3.63) is 46.0 Å². The SMILES string of the molecule is O=C(NCC(F)(F)F)C1CSCN1C(=O)C=Cc1cccc([N+](=O)[O-])c1. The van der Waals surface area contributed by atoms with Crippen LogP contribution >= 0.6 is 11.8 Å². The summed E-state index contributed by atoms with van der Waals surface area (Å²) < 4.78 is 36.6. The summed E-state index contributed by atoms with van der Waals surface area (Å²) in [5.74, 6) is -1.07. The lowest BCUT2D eigenvalue weighted by atomic mass is 10.2. The number of benzene rings is 1. The summed E-state index contributed by atoms with van der Waals surface area (Å²) in [7, 11) is 0. The lowest BCUT2D eigenvalue weighted by Crippen LogP contribution is -2.48. The molecule has 1 unspecified atom stereocenters. The van der Waals surface area contributed by atoms with Crippen molar-refractivity contribution in [3.8, 4) is 0 Å². The molecule has 0 bridgehead atoms. The second-order valence-electron chi connectivity index (χ2n) is 5.34. The van der Waals surface area contributed by atoms with Crippen LogP contribution in [0.1, 0.15) is 5.56 Å². The molecule has 1 aromatic carbocycles. The van der Waals surface area contributed by atoms with E-state index in [1.807, 2.05) is 0 Å². The highest BCUT2D eigenvalue weighted by Crippen LogP contribution is 2.22. The van der Waals surface area contributed by atoms with Gasteiger partial charge in [-0.05, 0) is 11.6 Å². The van der Waals surface area contributed by atoms with Gasteiger partial charge in [-0.3, -0.25) is 19.7 Å². The van der Waals surface area contributed by atoms with Crippen LogP contribution in [0, 0.1) is 10.1 Å². The molecule has 1 aliphatic heterocycles. The van der Waals surface area contributed by atoms with Gasteiger partial charge in [0, 0.05) is 24.0 Å². The highest BCUT2D eigenvalue weighted by molar-refractivity contribution is 7.99. The van der Waals surface area contributed by atoms with E-state index >= 15 is 0 Å². The van der Waals surface area contributed by atoms with Gasteiger partial charge in [-0.15, -0.1) is 11.8 Å². The number of non-ortho nitro benzene ring substituents is 1. The normalized spacial score (nSPS) is 17.5. The lowest BCUT2D eigenvalue weighted by Gasteiger charge is -2.22. The maximum Gasteiger partial charge on any atom is 0.405 e. The summed E-state index contributed by atoms with van der Waals surface area (Å²) in [4.78, 5) is 35.4. The largest absolute Gasteiger partial charge is 0.405 e. The monoisotopic (exact) mass is 389 g/mol. The Hall–Kier alpha value is -2.56. The Labute approximate surface area is 150 Å². The molecule has 0 saturated carbocycles. The predicted octanol–water partition coefficient (Wildman–Crippen LogP) is 2.19. The first-order chi connectivity index (χ1) is 12.2. The second kappa shape index (κ2) is 8.21. The smallest absolute Gasteiger partial charge is 0.345 e. The Bertz CT molecular complexity index is 739. The molecule has 1 aliphatic rings. The minimum atomic E-state index is -4.53. The molecular formula is C15H14F3N3O4S. The molecule has 7 nitrogen and oxygen atoms in total. The van der Waals surface area contributed by atoms with Gasteiger partial charge in [0.1, 0.15) is 12.6 Å². The van der Waals surface area contributed by atoms with Crippen LogP contribution in [0.4, 0.5) is 18.9 Å². The van der Waals surface area contributed by atoms with Gasteiger partial charge in [0.25, 0.3) is 5.69 Å². The summed E-state index contributed by atoms with van der Waals surface area (Å²) in [5.41, 5.74) is 0.276. The van der Waals surface area contributed by atoms with Gasteiger partial charge in [0.05, 0.1) is 10.8 Å². The third kappa shape index (κ3) is 5.48. The first-order valence-corrected chi connectivity index (χ1v) is 8.48. The summed E-state index contributed by atoms with van der Waals surface area (Å²) in [6, 6.07) is 4.60. The molecule has 1 fully saturated rings. The van der Waals surface area contributed by atoms with Crippen molar-refractivity contribution < 1.29 is 27.7 Å². The topological polar surface area (TPSA) is 92.6 Å². The highest BCUT2D eigenvalue weighted by Gasteiger charge is 2.36. The van der Waals surface area contributed by atoms with Gasteiger partial charge in [-0.1, -0.05) is 12.1 Å². The van der Waals surface area contributed by atoms with E-state index in [0.29, 0.717) is 5.56 Å². The minimum Gasteiger partial charge on any atom is -0.345 e.